The molecule has 2 rings (SSSR count). The Morgan fingerprint density at radius 1 is 1.33 bits per heavy atom. The van der Waals surface area contributed by atoms with Crippen LogP contribution in [-0.4, -0.2) is 23.6 Å². The third-order valence-corrected chi connectivity index (χ3v) is 3.38. The zero-order valence-electron chi connectivity index (χ0n) is 12.1. The fourth-order valence-electron chi connectivity index (χ4n) is 2.59. The van der Waals surface area contributed by atoms with E-state index < -0.39 is 12.2 Å². The van der Waals surface area contributed by atoms with Gasteiger partial charge in [0, 0.05) is 13.0 Å². The number of rotatable bonds is 4. The van der Waals surface area contributed by atoms with E-state index in [0.29, 0.717) is 5.92 Å². The van der Waals surface area contributed by atoms with Crippen LogP contribution in [-0.2, 0) is 11.2 Å². The second-order valence-corrected chi connectivity index (χ2v) is 5.77. The highest BCUT2D eigenvalue weighted by Gasteiger charge is 2.46. The van der Waals surface area contributed by atoms with Crippen LogP contribution in [0.5, 0.6) is 0 Å². The number of nitrogens with zero attached hydrogens (tertiary/aromatic N) is 1. The van der Waals surface area contributed by atoms with E-state index in [-0.39, 0.29) is 24.4 Å². The first kappa shape index (κ1) is 15.8. The minimum atomic E-state index is -4.44. The molecule has 1 N–H and O–H groups in total. The molecule has 21 heavy (non-hydrogen) atoms. The summed E-state index contributed by atoms with van der Waals surface area (Å²) in [7, 11) is 0. The number of hydrogen-bond acceptors (Lipinski definition) is 2. The Hall–Kier alpha value is -1.56. The molecule has 0 bridgehead atoms. The van der Waals surface area contributed by atoms with Crippen LogP contribution in [0.15, 0.2) is 24.3 Å². The van der Waals surface area contributed by atoms with Gasteiger partial charge in [-0.15, -0.1) is 0 Å². The summed E-state index contributed by atoms with van der Waals surface area (Å²) in [5, 5.41) is 0.983. The number of amides is 1. The van der Waals surface area contributed by atoms with Crippen molar-refractivity contribution in [3.05, 3.63) is 35.4 Å². The van der Waals surface area contributed by atoms with E-state index in [4.69, 9.17) is 0 Å². The van der Waals surface area contributed by atoms with Crippen LogP contribution in [0.2, 0.25) is 0 Å². The second kappa shape index (κ2) is 6.05. The lowest BCUT2D eigenvalue weighted by molar-refractivity contribution is -0.191. The number of carbonyl (C=O) groups excluding carboxylic acids is 1. The Kier molecular flexibility index (Phi) is 4.56. The molecule has 1 saturated heterocycles. The second-order valence-electron chi connectivity index (χ2n) is 5.77. The summed E-state index contributed by atoms with van der Waals surface area (Å²) in [5.41, 5.74) is 3.34. The minimum absolute atomic E-state index is 0.0669. The van der Waals surface area contributed by atoms with E-state index in [1.807, 2.05) is 19.9 Å². The molecule has 0 unspecified atom stereocenters. The van der Waals surface area contributed by atoms with E-state index in [9.17, 15) is 18.0 Å². The highest BCUT2D eigenvalue weighted by atomic mass is 19.4. The predicted octanol–water partition coefficient (Wildman–Crippen LogP) is 3.23. The number of nitrogens with one attached hydrogen (secondary N) is 1. The molecule has 6 heteroatoms. The summed E-state index contributed by atoms with van der Waals surface area (Å²) in [5.74, 6) is -0.00124. The van der Waals surface area contributed by atoms with Gasteiger partial charge in [-0.2, -0.15) is 13.2 Å². The van der Waals surface area contributed by atoms with Crippen molar-refractivity contribution in [3.8, 4) is 0 Å². The topological polar surface area (TPSA) is 32.3 Å². The Bertz CT molecular complexity index is 514. The number of carbonyl (C=O) groups is 1. The molecule has 1 aliphatic rings. The average Bonchev–Trinajstić information content (AvgIpc) is 2.73. The van der Waals surface area contributed by atoms with Crippen molar-refractivity contribution in [2.45, 2.75) is 38.9 Å². The first-order valence-corrected chi connectivity index (χ1v) is 6.99. The molecular formula is C15H19F3N2O. The Balaban J connectivity index is 2.31. The third kappa shape index (κ3) is 3.97. The maximum Gasteiger partial charge on any atom is 0.409 e. The maximum absolute atomic E-state index is 13.4. The predicted molar refractivity (Wildman–Crippen MR) is 73.2 cm³/mol. The maximum atomic E-state index is 13.4. The van der Waals surface area contributed by atoms with Crippen molar-refractivity contribution in [2.75, 3.05) is 6.54 Å². The van der Waals surface area contributed by atoms with Crippen LogP contribution in [0.3, 0.4) is 0 Å². The fraction of sp³-hybridized carbons (Fsp3) is 0.533. The summed E-state index contributed by atoms with van der Waals surface area (Å²) in [6, 6.07) is 4.73. The molecular weight excluding hydrogens is 281 g/mol. The molecule has 0 aliphatic carbocycles. The molecule has 1 heterocycles. The number of benzene rings is 1. The van der Waals surface area contributed by atoms with E-state index in [2.05, 4.69) is 5.43 Å². The molecule has 1 aromatic carbocycles. The van der Waals surface area contributed by atoms with Crippen molar-refractivity contribution >= 4 is 5.91 Å². The van der Waals surface area contributed by atoms with Gasteiger partial charge in [-0.3, -0.25) is 10.2 Å². The molecule has 0 aromatic heterocycles. The Morgan fingerprint density at radius 2 is 2.05 bits per heavy atom. The summed E-state index contributed by atoms with van der Waals surface area (Å²) in [6.45, 7) is 4.11. The number of alkyl halides is 3. The van der Waals surface area contributed by atoms with Crippen molar-refractivity contribution < 1.29 is 18.0 Å². The van der Waals surface area contributed by atoms with Crippen molar-refractivity contribution in [2.24, 2.45) is 5.92 Å². The molecule has 0 radical (unpaired) electrons. The van der Waals surface area contributed by atoms with Crippen LogP contribution >= 0.6 is 0 Å². The number of hydrazine groups is 1. The smallest absolute Gasteiger partial charge is 0.288 e. The van der Waals surface area contributed by atoms with Crippen LogP contribution in [0.4, 0.5) is 13.2 Å². The van der Waals surface area contributed by atoms with E-state index in [1.165, 1.54) is 6.07 Å². The number of halogens is 3. The first-order valence-electron chi connectivity index (χ1n) is 6.99. The molecule has 1 amide bonds. The first-order chi connectivity index (χ1) is 9.77. The number of hydrogen-bond donors (Lipinski definition) is 1. The van der Waals surface area contributed by atoms with Crippen molar-refractivity contribution in [3.63, 3.8) is 0 Å². The van der Waals surface area contributed by atoms with Crippen LogP contribution in [0.25, 0.3) is 0 Å². The summed E-state index contributed by atoms with van der Waals surface area (Å²) >= 11 is 0. The highest BCUT2D eigenvalue weighted by Crippen LogP contribution is 2.38. The van der Waals surface area contributed by atoms with Gasteiger partial charge in [0.05, 0.1) is 0 Å². The molecule has 0 saturated carbocycles. The molecule has 0 spiro atoms. The zero-order chi connectivity index (χ0) is 15.6. The zero-order valence-corrected chi connectivity index (χ0v) is 12.1. The summed E-state index contributed by atoms with van der Waals surface area (Å²) < 4.78 is 40.2. The SMILES string of the molecule is CC(C)Cc1cccc([C@H](N2CCC(=O)N2)C(F)(F)F)c1. The van der Waals surface area contributed by atoms with Crippen LogP contribution < -0.4 is 5.43 Å². The normalized spacial score (nSPS) is 18.1. The molecule has 1 atom stereocenters. The van der Waals surface area contributed by atoms with Gasteiger partial charge in [0.1, 0.15) is 6.04 Å². The van der Waals surface area contributed by atoms with Gasteiger partial charge in [0.2, 0.25) is 5.91 Å². The monoisotopic (exact) mass is 300 g/mol. The van der Waals surface area contributed by atoms with Gasteiger partial charge < -0.3 is 0 Å². The average molecular weight is 300 g/mol. The third-order valence-electron chi connectivity index (χ3n) is 3.38. The Labute approximate surface area is 122 Å². The molecule has 116 valence electrons. The summed E-state index contributed by atoms with van der Waals surface area (Å²) in [6.07, 6.45) is -3.61. The lowest BCUT2D eigenvalue weighted by Crippen LogP contribution is -2.43. The van der Waals surface area contributed by atoms with E-state index in [1.54, 1.807) is 12.1 Å². The fourth-order valence-corrected chi connectivity index (χ4v) is 2.59. The van der Waals surface area contributed by atoms with E-state index in [0.717, 1.165) is 17.0 Å². The van der Waals surface area contributed by atoms with Crippen molar-refractivity contribution in [1.29, 1.82) is 0 Å². The molecule has 3 nitrogen and oxygen atoms in total. The molecule has 1 aromatic rings. The van der Waals surface area contributed by atoms with E-state index >= 15 is 0 Å². The molecule has 1 aliphatic heterocycles. The lowest BCUT2D eigenvalue weighted by Gasteiger charge is -2.29. The summed E-state index contributed by atoms with van der Waals surface area (Å²) in [4.78, 5) is 11.2. The highest BCUT2D eigenvalue weighted by molar-refractivity contribution is 5.77. The van der Waals surface area contributed by atoms with Gasteiger partial charge in [-0.25, -0.2) is 5.01 Å². The lowest BCUT2D eigenvalue weighted by atomic mass is 9.98. The van der Waals surface area contributed by atoms with Gasteiger partial charge in [0.15, 0.2) is 0 Å². The Morgan fingerprint density at radius 3 is 2.57 bits per heavy atom. The van der Waals surface area contributed by atoms with Gasteiger partial charge in [0.25, 0.3) is 0 Å². The van der Waals surface area contributed by atoms with Gasteiger partial charge >= 0.3 is 6.18 Å². The van der Waals surface area contributed by atoms with Crippen molar-refractivity contribution in [1.82, 2.24) is 10.4 Å². The van der Waals surface area contributed by atoms with Gasteiger partial charge in [-0.05, 0) is 23.5 Å². The standard InChI is InChI=1S/C15H19F3N2O/c1-10(2)8-11-4-3-5-12(9-11)14(15(16,17)18)20-7-6-13(21)19-20/h3-5,9-10,14H,6-8H2,1-2H3,(H,19,21)/t14-/m0/s1. The van der Waals surface area contributed by atoms with Crippen LogP contribution in [0, 0.1) is 5.92 Å². The van der Waals surface area contributed by atoms with Crippen LogP contribution in [0.1, 0.15) is 37.4 Å². The quantitative estimate of drug-likeness (QED) is 0.926. The largest absolute Gasteiger partial charge is 0.409 e. The molecule has 1 fully saturated rings. The van der Waals surface area contributed by atoms with Gasteiger partial charge in [-0.1, -0.05) is 38.1 Å². The minimum Gasteiger partial charge on any atom is -0.288 e.